The Morgan fingerprint density at radius 2 is 2.04 bits per heavy atom. The van der Waals surface area contributed by atoms with E-state index in [0.717, 1.165) is 54.9 Å². The molecule has 1 aromatic rings. The van der Waals surface area contributed by atoms with Crippen molar-refractivity contribution in [2.75, 3.05) is 37.7 Å². The van der Waals surface area contributed by atoms with Gasteiger partial charge >= 0.3 is 6.09 Å². The number of amides is 2. The van der Waals surface area contributed by atoms with Crippen LogP contribution in [0.4, 0.5) is 10.5 Å². The van der Waals surface area contributed by atoms with Crippen LogP contribution in [0.15, 0.2) is 23.3 Å². The zero-order valence-corrected chi connectivity index (χ0v) is 16.1. The third-order valence-electron chi connectivity index (χ3n) is 4.51. The molecule has 0 fully saturated rings. The number of ether oxygens (including phenoxy) is 1. The Kier molecular flexibility index (Phi) is 8.10. The Morgan fingerprint density at radius 3 is 2.70 bits per heavy atom. The third-order valence-corrected chi connectivity index (χ3v) is 4.51. The molecule has 0 N–H and O–H groups in total. The summed E-state index contributed by atoms with van der Waals surface area (Å²) in [5.74, 6) is -0.287. The number of anilines is 1. The number of imide groups is 1. The van der Waals surface area contributed by atoms with Gasteiger partial charge in [-0.15, -0.1) is 0 Å². The number of carbonyl (C=O) groups is 2. The molecule has 0 aromatic heterocycles. The summed E-state index contributed by atoms with van der Waals surface area (Å²) in [6, 6.07) is 5.67. The summed E-state index contributed by atoms with van der Waals surface area (Å²) in [5.41, 5.74) is 10.9. The summed E-state index contributed by atoms with van der Waals surface area (Å²) < 4.78 is 5.05. The standard InChI is InChI=1S/C19H27N5O3/c1-3-10-23(11-4-2)12-8-15-6-5-7-17-16(15)14-18(25)24(17)19(26)27-13-9-21-22-20/h5-7H,3-4,8-14H2,1-2H3. The molecule has 2 rings (SSSR count). The van der Waals surface area contributed by atoms with Crippen molar-refractivity contribution in [1.29, 1.82) is 0 Å². The van der Waals surface area contributed by atoms with Crippen molar-refractivity contribution < 1.29 is 14.3 Å². The van der Waals surface area contributed by atoms with E-state index in [1.807, 2.05) is 12.1 Å². The minimum absolute atomic E-state index is 0.0435. The number of hydrogen-bond donors (Lipinski definition) is 0. The Balaban J connectivity index is 2.08. The highest BCUT2D eigenvalue weighted by Crippen LogP contribution is 2.32. The van der Waals surface area contributed by atoms with Gasteiger partial charge in [-0.1, -0.05) is 31.1 Å². The summed E-state index contributed by atoms with van der Waals surface area (Å²) >= 11 is 0. The van der Waals surface area contributed by atoms with Gasteiger partial charge in [0, 0.05) is 11.5 Å². The van der Waals surface area contributed by atoms with Gasteiger partial charge in [-0.25, -0.2) is 9.69 Å². The molecular weight excluding hydrogens is 346 g/mol. The number of hydrogen-bond acceptors (Lipinski definition) is 5. The van der Waals surface area contributed by atoms with Crippen LogP contribution in [0, 0.1) is 0 Å². The number of azide groups is 1. The van der Waals surface area contributed by atoms with Crippen molar-refractivity contribution in [3.05, 3.63) is 39.8 Å². The second-order valence-corrected chi connectivity index (χ2v) is 6.48. The lowest BCUT2D eigenvalue weighted by Gasteiger charge is -2.21. The predicted octanol–water partition coefficient (Wildman–Crippen LogP) is 3.69. The zero-order valence-electron chi connectivity index (χ0n) is 16.1. The van der Waals surface area contributed by atoms with Crippen LogP contribution in [-0.4, -0.2) is 49.7 Å². The number of fused-ring (bicyclic) bond motifs is 1. The molecule has 0 saturated carbocycles. The number of benzene rings is 1. The highest BCUT2D eigenvalue weighted by Gasteiger charge is 2.34. The van der Waals surface area contributed by atoms with E-state index in [2.05, 4.69) is 28.8 Å². The van der Waals surface area contributed by atoms with Gasteiger partial charge < -0.3 is 9.64 Å². The lowest BCUT2D eigenvalue weighted by molar-refractivity contribution is -0.117. The van der Waals surface area contributed by atoms with Crippen molar-refractivity contribution in [3.8, 4) is 0 Å². The molecule has 0 unspecified atom stereocenters. The minimum atomic E-state index is -0.720. The highest BCUT2D eigenvalue weighted by molar-refractivity contribution is 6.17. The second kappa shape index (κ2) is 10.5. The molecule has 8 nitrogen and oxygen atoms in total. The zero-order chi connectivity index (χ0) is 19.6. The lowest BCUT2D eigenvalue weighted by Crippen LogP contribution is -2.34. The molecule has 0 saturated heterocycles. The Labute approximate surface area is 159 Å². The number of carbonyl (C=O) groups excluding carboxylic acids is 2. The molecule has 0 radical (unpaired) electrons. The first-order valence-electron chi connectivity index (χ1n) is 9.46. The SMILES string of the molecule is CCCN(CCC)CCc1cccc2c1CC(=O)N2C(=O)OCCN=[N+]=[N-]. The predicted molar refractivity (Wildman–Crippen MR) is 104 cm³/mol. The molecule has 0 spiro atoms. The van der Waals surface area contributed by atoms with E-state index in [9.17, 15) is 9.59 Å². The Hall–Kier alpha value is -2.57. The molecule has 1 aromatic carbocycles. The third kappa shape index (κ3) is 5.45. The van der Waals surface area contributed by atoms with E-state index in [1.165, 1.54) is 0 Å². The summed E-state index contributed by atoms with van der Waals surface area (Å²) in [6.07, 6.45) is 2.55. The fraction of sp³-hybridized carbons (Fsp3) is 0.579. The van der Waals surface area contributed by atoms with Crippen LogP contribution in [-0.2, 0) is 22.4 Å². The van der Waals surface area contributed by atoms with Gasteiger partial charge in [-0.3, -0.25) is 4.79 Å². The van der Waals surface area contributed by atoms with Crippen molar-refractivity contribution >= 4 is 17.7 Å². The van der Waals surface area contributed by atoms with Gasteiger partial charge in [-0.2, -0.15) is 0 Å². The average Bonchev–Trinajstić information content (AvgIpc) is 3.00. The van der Waals surface area contributed by atoms with Crippen LogP contribution in [0.5, 0.6) is 0 Å². The van der Waals surface area contributed by atoms with Crippen molar-refractivity contribution in [1.82, 2.24) is 4.90 Å². The smallest absolute Gasteiger partial charge is 0.421 e. The van der Waals surface area contributed by atoms with E-state index in [0.29, 0.717) is 5.69 Å². The van der Waals surface area contributed by atoms with Crippen molar-refractivity contribution in [2.45, 2.75) is 39.5 Å². The minimum Gasteiger partial charge on any atom is -0.449 e. The van der Waals surface area contributed by atoms with Crippen LogP contribution in [0.3, 0.4) is 0 Å². The molecule has 0 bridgehead atoms. The first-order chi connectivity index (χ1) is 13.1. The molecule has 0 atom stereocenters. The molecule has 27 heavy (non-hydrogen) atoms. The van der Waals surface area contributed by atoms with Crippen LogP contribution in [0.1, 0.15) is 37.8 Å². The molecule has 146 valence electrons. The first-order valence-corrected chi connectivity index (χ1v) is 9.46. The summed E-state index contributed by atoms with van der Waals surface area (Å²) in [6.45, 7) is 7.40. The van der Waals surface area contributed by atoms with Gasteiger partial charge in [0.25, 0.3) is 0 Å². The van der Waals surface area contributed by atoms with Gasteiger partial charge in [0.2, 0.25) is 5.91 Å². The molecular formula is C19H27N5O3. The van der Waals surface area contributed by atoms with Gasteiger partial charge in [0.05, 0.1) is 25.3 Å². The largest absolute Gasteiger partial charge is 0.449 e. The molecule has 8 heteroatoms. The van der Waals surface area contributed by atoms with E-state index in [4.69, 9.17) is 10.3 Å². The summed E-state index contributed by atoms with van der Waals surface area (Å²) in [5, 5.41) is 3.31. The van der Waals surface area contributed by atoms with E-state index in [-0.39, 0.29) is 25.5 Å². The number of nitrogens with zero attached hydrogens (tertiary/aromatic N) is 5. The number of rotatable bonds is 10. The maximum absolute atomic E-state index is 12.4. The summed E-state index contributed by atoms with van der Waals surface area (Å²) in [7, 11) is 0. The quantitative estimate of drug-likeness (QED) is 0.270. The molecule has 0 aliphatic carbocycles. The second-order valence-electron chi connectivity index (χ2n) is 6.48. The Morgan fingerprint density at radius 1 is 1.30 bits per heavy atom. The summed E-state index contributed by atoms with van der Waals surface area (Å²) in [4.78, 5) is 30.8. The maximum atomic E-state index is 12.4. The Bertz CT molecular complexity index is 709. The fourth-order valence-electron chi connectivity index (χ4n) is 3.36. The van der Waals surface area contributed by atoms with Crippen molar-refractivity contribution in [3.63, 3.8) is 0 Å². The van der Waals surface area contributed by atoms with Crippen LogP contribution in [0.2, 0.25) is 0 Å². The van der Waals surface area contributed by atoms with Gasteiger partial charge in [0.15, 0.2) is 0 Å². The maximum Gasteiger partial charge on any atom is 0.421 e. The molecule has 1 aliphatic rings. The van der Waals surface area contributed by atoms with E-state index in [1.54, 1.807) is 6.07 Å². The van der Waals surface area contributed by atoms with Gasteiger partial charge in [0.1, 0.15) is 0 Å². The van der Waals surface area contributed by atoms with Crippen molar-refractivity contribution in [2.24, 2.45) is 5.11 Å². The van der Waals surface area contributed by atoms with E-state index >= 15 is 0 Å². The van der Waals surface area contributed by atoms with Gasteiger partial charge in [-0.05, 0) is 55.1 Å². The monoisotopic (exact) mass is 373 g/mol. The fourth-order valence-corrected chi connectivity index (χ4v) is 3.36. The van der Waals surface area contributed by atoms with Crippen LogP contribution in [0.25, 0.3) is 10.4 Å². The van der Waals surface area contributed by atoms with Crippen LogP contribution < -0.4 is 4.90 Å². The molecule has 1 aliphatic heterocycles. The molecule has 2 amide bonds. The molecule has 1 heterocycles. The average molecular weight is 373 g/mol. The van der Waals surface area contributed by atoms with E-state index < -0.39 is 6.09 Å². The highest BCUT2D eigenvalue weighted by atomic mass is 16.6. The topological polar surface area (TPSA) is 98.6 Å². The lowest BCUT2D eigenvalue weighted by atomic mass is 10.0. The van der Waals surface area contributed by atoms with Crippen LogP contribution >= 0.6 is 0 Å². The normalized spacial score (nSPS) is 12.9. The first kappa shape index (κ1) is 20.7.